The number of fused-ring (bicyclic) bond motifs is 2. The van der Waals surface area contributed by atoms with Crippen LogP contribution < -0.4 is 0 Å². The summed E-state index contributed by atoms with van der Waals surface area (Å²) in [5.41, 5.74) is 1.86. The molecule has 0 amide bonds. The molecule has 0 fully saturated rings. The third kappa shape index (κ3) is 3.74. The molecule has 4 rings (SSSR count). The quantitative estimate of drug-likeness (QED) is 0.226. The van der Waals surface area contributed by atoms with Crippen LogP contribution in [-0.4, -0.2) is 17.2 Å². The largest absolute Gasteiger partial charge is 0.277 e. The zero-order valence-corrected chi connectivity index (χ0v) is 16.2. The van der Waals surface area contributed by atoms with Gasteiger partial charge in [0.25, 0.3) is 0 Å². The predicted octanol–water partition coefficient (Wildman–Crippen LogP) is 6.21. The molecule has 0 N–H and O–H groups in total. The maximum Gasteiger partial charge on any atom is 0.238 e. The zero-order valence-electron chi connectivity index (χ0n) is 16.2. The summed E-state index contributed by atoms with van der Waals surface area (Å²) >= 11 is 0. The third-order valence-corrected chi connectivity index (χ3v) is 5.39. The SMILES string of the molecule is CC[C@@H]([C@@H](N=Cc1cccc2ccccc12)c1cccc2ccccc12)[N+](=O)[O-]. The Hall–Kier alpha value is -3.53. The minimum Gasteiger partial charge on any atom is -0.277 e. The third-order valence-electron chi connectivity index (χ3n) is 5.39. The smallest absolute Gasteiger partial charge is 0.238 e. The Labute approximate surface area is 169 Å². The molecule has 2 atom stereocenters. The molecular weight excluding hydrogens is 360 g/mol. The molecule has 0 bridgehead atoms. The van der Waals surface area contributed by atoms with E-state index >= 15 is 0 Å². The minimum absolute atomic E-state index is 0.202. The fraction of sp³-hybridized carbons (Fsp3) is 0.160. The average molecular weight is 382 g/mol. The number of hydrogen-bond acceptors (Lipinski definition) is 3. The number of benzene rings is 4. The van der Waals surface area contributed by atoms with Crippen LogP contribution in [0.2, 0.25) is 0 Å². The molecule has 4 heteroatoms. The maximum atomic E-state index is 11.8. The molecule has 4 aromatic rings. The molecule has 0 radical (unpaired) electrons. The molecule has 0 spiro atoms. The normalized spacial score (nSPS) is 13.7. The Balaban J connectivity index is 1.85. The van der Waals surface area contributed by atoms with Gasteiger partial charge < -0.3 is 0 Å². The van der Waals surface area contributed by atoms with E-state index in [9.17, 15) is 10.1 Å². The van der Waals surface area contributed by atoms with E-state index in [0.717, 1.165) is 32.7 Å². The highest BCUT2D eigenvalue weighted by atomic mass is 16.6. The highest BCUT2D eigenvalue weighted by molar-refractivity contribution is 5.99. The van der Waals surface area contributed by atoms with E-state index in [1.54, 1.807) is 6.21 Å². The molecule has 0 heterocycles. The number of aliphatic imine (C=N–C) groups is 1. The van der Waals surface area contributed by atoms with Crippen LogP contribution in [0, 0.1) is 10.1 Å². The molecule has 144 valence electrons. The first-order chi connectivity index (χ1) is 14.2. The van der Waals surface area contributed by atoms with Gasteiger partial charge in [0.15, 0.2) is 0 Å². The van der Waals surface area contributed by atoms with Crippen LogP contribution in [0.25, 0.3) is 21.5 Å². The topological polar surface area (TPSA) is 55.5 Å². The van der Waals surface area contributed by atoms with Gasteiger partial charge >= 0.3 is 0 Å². The molecule has 0 aliphatic rings. The van der Waals surface area contributed by atoms with Gasteiger partial charge in [0, 0.05) is 23.1 Å². The summed E-state index contributed by atoms with van der Waals surface area (Å²) in [4.78, 5) is 16.4. The van der Waals surface area contributed by atoms with Crippen molar-refractivity contribution in [2.45, 2.75) is 25.4 Å². The lowest BCUT2D eigenvalue weighted by Crippen LogP contribution is -2.26. The molecule has 0 aromatic heterocycles. The molecule has 4 nitrogen and oxygen atoms in total. The second-order valence-corrected chi connectivity index (χ2v) is 7.12. The van der Waals surface area contributed by atoms with E-state index in [0.29, 0.717) is 6.42 Å². The number of nitro groups is 1. The fourth-order valence-electron chi connectivity index (χ4n) is 3.91. The number of nitrogens with zero attached hydrogens (tertiary/aromatic N) is 2. The van der Waals surface area contributed by atoms with Crippen LogP contribution >= 0.6 is 0 Å². The lowest BCUT2D eigenvalue weighted by atomic mass is 9.93. The maximum absolute atomic E-state index is 11.8. The first-order valence-electron chi connectivity index (χ1n) is 9.81. The van der Waals surface area contributed by atoms with E-state index < -0.39 is 12.1 Å². The zero-order chi connectivity index (χ0) is 20.2. The average Bonchev–Trinajstić information content (AvgIpc) is 2.76. The summed E-state index contributed by atoms with van der Waals surface area (Å²) in [5, 5.41) is 16.1. The van der Waals surface area contributed by atoms with Gasteiger partial charge in [-0.25, -0.2) is 0 Å². The first-order valence-corrected chi connectivity index (χ1v) is 9.81. The van der Waals surface area contributed by atoms with E-state index in [2.05, 4.69) is 18.2 Å². The molecule has 0 aliphatic heterocycles. The Morgan fingerprint density at radius 1 is 0.862 bits per heavy atom. The van der Waals surface area contributed by atoms with Crippen molar-refractivity contribution >= 4 is 27.8 Å². The van der Waals surface area contributed by atoms with Crippen LogP contribution in [0.4, 0.5) is 0 Å². The molecule has 0 aliphatic carbocycles. The van der Waals surface area contributed by atoms with Crippen molar-refractivity contribution < 1.29 is 4.92 Å². The van der Waals surface area contributed by atoms with E-state index in [4.69, 9.17) is 4.99 Å². The van der Waals surface area contributed by atoms with Gasteiger partial charge in [-0.15, -0.1) is 0 Å². The van der Waals surface area contributed by atoms with Gasteiger partial charge in [-0.05, 0) is 27.1 Å². The molecule has 0 saturated carbocycles. The van der Waals surface area contributed by atoms with E-state index in [-0.39, 0.29) is 4.92 Å². The highest BCUT2D eigenvalue weighted by Crippen LogP contribution is 2.31. The van der Waals surface area contributed by atoms with Crippen LogP contribution in [0.15, 0.2) is 89.9 Å². The van der Waals surface area contributed by atoms with Crippen LogP contribution in [-0.2, 0) is 0 Å². The second-order valence-electron chi connectivity index (χ2n) is 7.12. The van der Waals surface area contributed by atoms with Crippen LogP contribution in [0.3, 0.4) is 0 Å². The van der Waals surface area contributed by atoms with Gasteiger partial charge in [0.1, 0.15) is 6.04 Å². The van der Waals surface area contributed by atoms with Crippen LogP contribution in [0.5, 0.6) is 0 Å². The molecular formula is C25H22N2O2. The number of hydrogen-bond donors (Lipinski definition) is 0. The summed E-state index contributed by atoms with van der Waals surface area (Å²) in [6, 6.07) is 26.7. The summed E-state index contributed by atoms with van der Waals surface area (Å²) in [5.74, 6) is 0. The summed E-state index contributed by atoms with van der Waals surface area (Å²) < 4.78 is 0. The summed E-state index contributed by atoms with van der Waals surface area (Å²) in [7, 11) is 0. The van der Waals surface area contributed by atoms with Crippen molar-refractivity contribution in [1.29, 1.82) is 0 Å². The molecule has 29 heavy (non-hydrogen) atoms. The van der Waals surface area contributed by atoms with Crippen molar-refractivity contribution in [1.82, 2.24) is 0 Å². The van der Waals surface area contributed by atoms with E-state index in [1.165, 1.54) is 0 Å². The number of rotatable bonds is 6. The molecule has 0 unspecified atom stereocenters. The van der Waals surface area contributed by atoms with Crippen molar-refractivity contribution in [2.24, 2.45) is 4.99 Å². The highest BCUT2D eigenvalue weighted by Gasteiger charge is 2.31. The van der Waals surface area contributed by atoms with E-state index in [1.807, 2.05) is 73.7 Å². The monoisotopic (exact) mass is 382 g/mol. The lowest BCUT2D eigenvalue weighted by Gasteiger charge is -2.19. The Morgan fingerprint density at radius 3 is 2.14 bits per heavy atom. The van der Waals surface area contributed by atoms with Gasteiger partial charge in [-0.2, -0.15) is 0 Å². The van der Waals surface area contributed by atoms with Gasteiger partial charge in [-0.1, -0.05) is 91.9 Å². The molecule has 4 aromatic carbocycles. The van der Waals surface area contributed by atoms with Crippen LogP contribution in [0.1, 0.15) is 30.5 Å². The fourth-order valence-corrected chi connectivity index (χ4v) is 3.91. The summed E-state index contributed by atoms with van der Waals surface area (Å²) in [6.07, 6.45) is 2.20. The standard InChI is InChI=1S/C25H22N2O2/c1-2-24(27(28)29)25(23-16-8-12-19-10-4-6-15-22(19)23)26-17-20-13-7-11-18-9-3-5-14-21(18)20/h3-17,24-25H,2H2,1H3/t24-,25-/m0/s1. The first kappa shape index (κ1) is 18.8. The lowest BCUT2D eigenvalue weighted by molar-refractivity contribution is -0.526. The van der Waals surface area contributed by atoms with Crippen molar-refractivity contribution in [3.8, 4) is 0 Å². The van der Waals surface area contributed by atoms with Crippen molar-refractivity contribution in [2.75, 3.05) is 0 Å². The Bertz CT molecular complexity index is 1190. The Morgan fingerprint density at radius 2 is 1.45 bits per heavy atom. The molecule has 0 saturated heterocycles. The Kier molecular flexibility index (Phi) is 5.34. The second kappa shape index (κ2) is 8.23. The van der Waals surface area contributed by atoms with Crippen molar-refractivity contribution in [3.05, 3.63) is 106 Å². The van der Waals surface area contributed by atoms with Gasteiger partial charge in [-0.3, -0.25) is 15.1 Å². The summed E-state index contributed by atoms with van der Waals surface area (Å²) in [6.45, 7) is 1.85. The van der Waals surface area contributed by atoms with Crippen molar-refractivity contribution in [3.63, 3.8) is 0 Å². The van der Waals surface area contributed by atoms with Gasteiger partial charge in [0.05, 0.1) is 0 Å². The minimum atomic E-state index is -0.785. The predicted molar refractivity (Wildman–Crippen MR) is 119 cm³/mol. The van der Waals surface area contributed by atoms with Gasteiger partial charge in [0.2, 0.25) is 6.04 Å².